The van der Waals surface area contributed by atoms with Crippen LogP contribution >= 0.6 is 11.6 Å². The quantitative estimate of drug-likeness (QED) is 0.260. The molecule has 4 rings (SSSR count). The summed E-state index contributed by atoms with van der Waals surface area (Å²) in [7, 11) is 1.79. The van der Waals surface area contributed by atoms with Gasteiger partial charge in [-0.3, -0.25) is 4.68 Å². The number of hydrogen-bond donors (Lipinski definition) is 2. The molecule has 0 aromatic carbocycles. The smallest absolute Gasteiger partial charge is 0.222 e. The summed E-state index contributed by atoms with van der Waals surface area (Å²) in [5.74, 6) is 7.50. The van der Waals surface area contributed by atoms with Crippen molar-refractivity contribution in [3.05, 3.63) is 59.4 Å². The maximum absolute atomic E-state index is 12.5. The van der Waals surface area contributed by atoms with Gasteiger partial charge in [-0.1, -0.05) is 23.4 Å². The zero-order valence-corrected chi connectivity index (χ0v) is 20.6. The molecule has 3 N–H and O–H groups in total. The van der Waals surface area contributed by atoms with Gasteiger partial charge in [0.15, 0.2) is 5.82 Å². The van der Waals surface area contributed by atoms with E-state index in [1.165, 1.54) is 4.68 Å². The van der Waals surface area contributed by atoms with Crippen LogP contribution in [0.3, 0.4) is 0 Å². The van der Waals surface area contributed by atoms with Gasteiger partial charge < -0.3 is 15.8 Å². The van der Waals surface area contributed by atoms with Crippen LogP contribution in [0.15, 0.2) is 43.1 Å². The van der Waals surface area contributed by atoms with Crippen molar-refractivity contribution in [2.45, 2.75) is 25.9 Å². The van der Waals surface area contributed by atoms with Crippen molar-refractivity contribution in [3.63, 3.8) is 0 Å². The van der Waals surface area contributed by atoms with Crippen LogP contribution in [-0.4, -0.2) is 53.8 Å². The van der Waals surface area contributed by atoms with E-state index in [4.69, 9.17) is 22.1 Å². The maximum Gasteiger partial charge on any atom is 0.222 e. The zero-order chi connectivity index (χ0) is 25.5. The highest BCUT2D eigenvalue weighted by atomic mass is 35.5. The molecule has 4 aromatic heterocycles. The van der Waals surface area contributed by atoms with Crippen molar-refractivity contribution in [2.24, 2.45) is 7.05 Å². The van der Waals surface area contributed by atoms with Crippen molar-refractivity contribution in [3.8, 4) is 29.1 Å². The van der Waals surface area contributed by atoms with E-state index < -0.39 is 6.67 Å². The molecule has 12 heteroatoms. The van der Waals surface area contributed by atoms with Crippen LogP contribution in [0.4, 0.5) is 15.9 Å². The molecular weight excluding hydrogens is 485 g/mol. The summed E-state index contributed by atoms with van der Waals surface area (Å²) < 4.78 is 21.7. The molecule has 0 aliphatic carbocycles. The topological polar surface area (TPSA) is 122 Å². The average Bonchev–Trinajstić information content (AvgIpc) is 3.45. The fourth-order valence-electron chi connectivity index (χ4n) is 3.35. The number of pyridine rings is 1. The van der Waals surface area contributed by atoms with E-state index in [0.29, 0.717) is 52.4 Å². The molecule has 4 heterocycles. The van der Waals surface area contributed by atoms with Crippen molar-refractivity contribution in [1.82, 2.24) is 34.5 Å². The molecular formula is C24H25ClFN9O. The number of nitrogens with two attached hydrogens (primary N) is 1. The summed E-state index contributed by atoms with van der Waals surface area (Å²) in [6, 6.07) is 3.38. The van der Waals surface area contributed by atoms with E-state index in [1.54, 1.807) is 54.8 Å². The molecule has 0 amide bonds. The number of hydrogen-bond acceptors (Lipinski definition) is 8. The molecule has 0 saturated heterocycles. The first-order valence-electron chi connectivity index (χ1n) is 11.2. The van der Waals surface area contributed by atoms with E-state index in [9.17, 15) is 4.39 Å². The van der Waals surface area contributed by atoms with Crippen LogP contribution in [0.25, 0.3) is 11.4 Å². The normalized spacial score (nSPS) is 11.6. The fraction of sp³-hybridized carbons (Fsp3) is 0.292. The summed E-state index contributed by atoms with van der Waals surface area (Å²) >= 11 is 6.13. The SMILES string of the molecule is C[C@H](CCOc1c(-c2nccc(N)n2)cnn1C)Nc1cc(Cl)ncc1C#Cc1cnn(CCF)c1. The van der Waals surface area contributed by atoms with Gasteiger partial charge in [0.1, 0.15) is 23.2 Å². The first-order chi connectivity index (χ1) is 17.4. The number of alkyl halides is 1. The molecule has 186 valence electrons. The number of aryl methyl sites for hydroxylation is 2. The molecule has 36 heavy (non-hydrogen) atoms. The summed E-state index contributed by atoms with van der Waals surface area (Å²) in [6.45, 7) is 2.16. The second-order valence-corrected chi connectivity index (χ2v) is 8.35. The Balaban J connectivity index is 1.40. The van der Waals surface area contributed by atoms with Crippen molar-refractivity contribution < 1.29 is 9.13 Å². The molecule has 0 radical (unpaired) electrons. The summed E-state index contributed by atoms with van der Waals surface area (Å²) in [4.78, 5) is 12.7. The van der Waals surface area contributed by atoms with Crippen LogP contribution in [0, 0.1) is 11.8 Å². The Kier molecular flexibility index (Phi) is 7.97. The number of nitrogens with zero attached hydrogens (tertiary/aromatic N) is 7. The summed E-state index contributed by atoms with van der Waals surface area (Å²) in [6.07, 6.45) is 8.82. The maximum atomic E-state index is 12.5. The van der Waals surface area contributed by atoms with Gasteiger partial charge in [-0.2, -0.15) is 10.2 Å². The number of aromatic nitrogens is 7. The lowest BCUT2D eigenvalue weighted by atomic mass is 10.2. The minimum atomic E-state index is -0.484. The van der Waals surface area contributed by atoms with Gasteiger partial charge in [0.25, 0.3) is 0 Å². The van der Waals surface area contributed by atoms with Crippen LogP contribution in [-0.2, 0) is 13.6 Å². The number of rotatable bonds is 9. The van der Waals surface area contributed by atoms with Gasteiger partial charge in [0.05, 0.1) is 42.4 Å². The molecule has 0 bridgehead atoms. The summed E-state index contributed by atoms with van der Waals surface area (Å²) in [5, 5.41) is 12.1. The van der Waals surface area contributed by atoms with Crippen LogP contribution < -0.4 is 15.8 Å². The Morgan fingerprint density at radius 1 is 1.22 bits per heavy atom. The second kappa shape index (κ2) is 11.5. The highest BCUT2D eigenvalue weighted by Gasteiger charge is 2.16. The lowest BCUT2D eigenvalue weighted by molar-refractivity contribution is 0.280. The Morgan fingerprint density at radius 2 is 2.08 bits per heavy atom. The van der Waals surface area contributed by atoms with Gasteiger partial charge >= 0.3 is 0 Å². The number of nitrogen functional groups attached to an aromatic ring is 1. The molecule has 4 aromatic rings. The highest BCUT2D eigenvalue weighted by molar-refractivity contribution is 6.29. The van der Waals surface area contributed by atoms with Crippen molar-refractivity contribution >= 4 is 23.1 Å². The van der Waals surface area contributed by atoms with Gasteiger partial charge in [0.2, 0.25) is 5.88 Å². The molecule has 0 saturated carbocycles. The fourth-order valence-corrected chi connectivity index (χ4v) is 3.51. The lowest BCUT2D eigenvalue weighted by Gasteiger charge is -2.17. The van der Waals surface area contributed by atoms with Gasteiger partial charge in [-0.25, -0.2) is 24.0 Å². The van der Waals surface area contributed by atoms with Crippen LogP contribution in [0.2, 0.25) is 5.15 Å². The van der Waals surface area contributed by atoms with Gasteiger partial charge in [0, 0.05) is 38.1 Å². The third-order valence-corrected chi connectivity index (χ3v) is 5.36. The highest BCUT2D eigenvalue weighted by Crippen LogP contribution is 2.27. The molecule has 0 aliphatic heterocycles. The predicted molar refractivity (Wildman–Crippen MR) is 135 cm³/mol. The molecule has 0 unspecified atom stereocenters. The van der Waals surface area contributed by atoms with Crippen LogP contribution in [0.5, 0.6) is 5.88 Å². The third-order valence-electron chi connectivity index (χ3n) is 5.15. The largest absolute Gasteiger partial charge is 0.477 e. The zero-order valence-electron chi connectivity index (χ0n) is 19.8. The van der Waals surface area contributed by atoms with Crippen LogP contribution in [0.1, 0.15) is 24.5 Å². The molecule has 10 nitrogen and oxygen atoms in total. The van der Waals surface area contributed by atoms with E-state index in [-0.39, 0.29) is 12.6 Å². The van der Waals surface area contributed by atoms with E-state index in [0.717, 1.165) is 5.69 Å². The van der Waals surface area contributed by atoms with E-state index in [2.05, 4.69) is 42.3 Å². The first kappa shape index (κ1) is 24.9. The molecule has 0 fully saturated rings. The second-order valence-electron chi connectivity index (χ2n) is 7.96. The third kappa shape index (κ3) is 6.28. The summed E-state index contributed by atoms with van der Waals surface area (Å²) in [5.41, 5.74) is 8.57. The predicted octanol–water partition coefficient (Wildman–Crippen LogP) is 3.34. The minimum Gasteiger partial charge on any atom is -0.477 e. The first-order valence-corrected chi connectivity index (χ1v) is 11.6. The number of ether oxygens (including phenoxy) is 1. The Labute approximate surface area is 212 Å². The monoisotopic (exact) mass is 509 g/mol. The molecule has 0 spiro atoms. The van der Waals surface area contributed by atoms with Gasteiger partial charge in [-0.05, 0) is 19.1 Å². The number of anilines is 2. The van der Waals surface area contributed by atoms with Gasteiger partial charge in [-0.15, -0.1) is 0 Å². The Bertz CT molecular complexity index is 1390. The molecule has 1 atom stereocenters. The van der Waals surface area contributed by atoms with Crippen molar-refractivity contribution in [1.29, 1.82) is 0 Å². The Hall–Kier alpha value is -4.17. The minimum absolute atomic E-state index is 0.0246. The average molecular weight is 510 g/mol. The van der Waals surface area contributed by atoms with E-state index >= 15 is 0 Å². The Morgan fingerprint density at radius 3 is 2.89 bits per heavy atom. The molecule has 0 aliphatic rings. The number of nitrogens with one attached hydrogen (secondary N) is 1. The van der Waals surface area contributed by atoms with Crippen molar-refractivity contribution in [2.75, 3.05) is 24.3 Å². The lowest BCUT2D eigenvalue weighted by Crippen LogP contribution is -2.19. The number of halogens is 2. The standard InChI is InChI=1S/C24H25ClFN9O/c1-16(6-10-36-24-19(14-30-34(24)2)23-28-8-5-22(27)33-23)32-20-11-21(25)29-13-18(20)4-3-17-12-31-35(15-17)9-7-26/h5,8,11-16H,6-7,9-10H2,1-2H3,(H,29,32)(H2,27,28,33)/t16-/m1/s1. The van der Waals surface area contributed by atoms with E-state index in [1.807, 2.05) is 6.92 Å².